The van der Waals surface area contributed by atoms with E-state index in [4.69, 9.17) is 0 Å². The number of carbonyl (C=O) groups is 1. The van der Waals surface area contributed by atoms with E-state index in [1.807, 2.05) is 0 Å². The molecule has 0 aromatic heterocycles. The summed E-state index contributed by atoms with van der Waals surface area (Å²) in [6, 6.07) is -0.607. The van der Waals surface area contributed by atoms with Gasteiger partial charge in [-0.25, -0.2) is 0 Å². The monoisotopic (exact) mass is 499 g/mol. The third-order valence-corrected chi connectivity index (χ3v) is 12.3. The van der Waals surface area contributed by atoms with Crippen LogP contribution in [0.5, 0.6) is 0 Å². The molecule has 36 heavy (non-hydrogen) atoms. The third kappa shape index (κ3) is 4.35. The van der Waals surface area contributed by atoms with Crippen LogP contribution in [0.15, 0.2) is 11.6 Å². The number of hydrogen-bond donors (Lipinski definition) is 3. The van der Waals surface area contributed by atoms with Crippen molar-refractivity contribution in [3.63, 3.8) is 0 Å². The van der Waals surface area contributed by atoms with Gasteiger partial charge in [0.1, 0.15) is 6.10 Å². The zero-order chi connectivity index (χ0) is 25.9. The first-order valence-corrected chi connectivity index (χ1v) is 15.4. The van der Waals surface area contributed by atoms with E-state index in [0.717, 1.165) is 42.4 Å². The molecule has 10 atom stereocenters. The largest absolute Gasteiger partial charge is 0.388 e. The Bertz CT molecular complexity index is 867. The lowest BCUT2D eigenvalue weighted by molar-refractivity contribution is -0.140. The fourth-order valence-electron chi connectivity index (χ4n) is 10.2. The van der Waals surface area contributed by atoms with Crippen LogP contribution in [-0.2, 0) is 4.79 Å². The van der Waals surface area contributed by atoms with Crippen molar-refractivity contribution in [1.29, 1.82) is 0 Å². The van der Waals surface area contributed by atoms with Gasteiger partial charge in [-0.15, -0.1) is 0 Å². The van der Waals surface area contributed by atoms with Crippen molar-refractivity contribution in [2.75, 3.05) is 6.54 Å². The molecule has 2 unspecified atom stereocenters. The summed E-state index contributed by atoms with van der Waals surface area (Å²) in [6.45, 7) is 13.0. The zero-order valence-corrected chi connectivity index (χ0v) is 23.7. The second kappa shape index (κ2) is 9.79. The van der Waals surface area contributed by atoms with Gasteiger partial charge in [0.05, 0.1) is 11.6 Å². The smallest absolute Gasteiger partial charge is 0.153 e. The van der Waals surface area contributed by atoms with E-state index in [9.17, 15) is 15.0 Å². The van der Waals surface area contributed by atoms with Gasteiger partial charge in [-0.1, -0.05) is 65.5 Å². The van der Waals surface area contributed by atoms with E-state index < -0.39 is 17.7 Å². The quantitative estimate of drug-likeness (QED) is 0.373. The Balaban J connectivity index is 1.30. The number of aliphatic hydroxyl groups is 2. The number of ketones is 1. The second-order valence-electron chi connectivity index (χ2n) is 14.7. The number of carbonyl (C=O) groups excluding carboxylic acids is 1. The molecule has 0 amide bonds. The van der Waals surface area contributed by atoms with Crippen LogP contribution in [0.25, 0.3) is 0 Å². The molecule has 3 N–H and O–H groups in total. The predicted molar refractivity (Wildman–Crippen MR) is 145 cm³/mol. The highest BCUT2D eigenvalue weighted by molar-refractivity contribution is 5.87. The standard InChI is InChI=1S/C32H53NO3/c1-20(2)7-6-8-21(3)24-11-12-25-23-10-9-22-19-32(36,29(35)28-27(34)14-18-33-28)17-16-30(22,4)26(23)13-15-31(24,25)5/h9,20-21,23-26,28-29,33,35-36H,6-8,10-19H2,1-5H3/t21-,23+,24-,25+,26+,28+,29?,30+,31-,32?/m1/s1. The highest BCUT2D eigenvalue weighted by Gasteiger charge is 2.61. The Morgan fingerprint density at radius 2 is 1.83 bits per heavy atom. The van der Waals surface area contributed by atoms with Crippen molar-refractivity contribution in [3.8, 4) is 0 Å². The van der Waals surface area contributed by atoms with Gasteiger partial charge in [-0.05, 0) is 91.3 Å². The topological polar surface area (TPSA) is 69.6 Å². The van der Waals surface area contributed by atoms with Crippen LogP contribution >= 0.6 is 0 Å². The summed E-state index contributed by atoms with van der Waals surface area (Å²) in [6.07, 6.45) is 14.7. The summed E-state index contributed by atoms with van der Waals surface area (Å²) in [5.41, 5.74) is 0.787. The molecule has 5 rings (SSSR count). The lowest BCUT2D eigenvalue weighted by atomic mass is 9.46. The van der Waals surface area contributed by atoms with Gasteiger partial charge in [0.25, 0.3) is 0 Å². The molecule has 4 aliphatic carbocycles. The molecule has 4 fully saturated rings. The summed E-state index contributed by atoms with van der Waals surface area (Å²) in [5.74, 6) is 4.85. The molecule has 1 aliphatic heterocycles. The van der Waals surface area contributed by atoms with Crippen molar-refractivity contribution in [3.05, 3.63) is 11.6 Å². The van der Waals surface area contributed by atoms with Gasteiger partial charge in [0.15, 0.2) is 5.78 Å². The van der Waals surface area contributed by atoms with E-state index in [2.05, 4.69) is 46.0 Å². The van der Waals surface area contributed by atoms with Gasteiger partial charge in [0, 0.05) is 19.4 Å². The molecule has 4 nitrogen and oxygen atoms in total. The molecule has 5 aliphatic rings. The van der Waals surface area contributed by atoms with Gasteiger partial charge in [-0.2, -0.15) is 0 Å². The second-order valence-corrected chi connectivity index (χ2v) is 14.7. The van der Waals surface area contributed by atoms with Crippen molar-refractivity contribution >= 4 is 5.78 Å². The van der Waals surface area contributed by atoms with Crippen molar-refractivity contribution in [2.24, 2.45) is 46.3 Å². The number of fused-ring (bicyclic) bond motifs is 5. The van der Waals surface area contributed by atoms with Gasteiger partial charge in [-0.3, -0.25) is 4.79 Å². The normalized spacial score (nSPS) is 46.2. The van der Waals surface area contributed by atoms with E-state index in [1.165, 1.54) is 50.5 Å². The number of nitrogens with one attached hydrogen (secondary N) is 1. The lowest BCUT2D eigenvalue weighted by Crippen LogP contribution is -2.59. The van der Waals surface area contributed by atoms with Gasteiger partial charge >= 0.3 is 0 Å². The summed E-state index contributed by atoms with van der Waals surface area (Å²) in [7, 11) is 0. The van der Waals surface area contributed by atoms with Gasteiger partial charge in [0.2, 0.25) is 0 Å². The molecular weight excluding hydrogens is 446 g/mol. The summed E-state index contributed by atoms with van der Waals surface area (Å²) < 4.78 is 0. The first-order valence-electron chi connectivity index (χ1n) is 15.4. The predicted octanol–water partition coefficient (Wildman–Crippen LogP) is 6.05. The van der Waals surface area contributed by atoms with Crippen molar-refractivity contribution in [1.82, 2.24) is 5.32 Å². The minimum atomic E-state index is -1.19. The Kier molecular flexibility index (Phi) is 7.31. The Morgan fingerprint density at radius 3 is 2.53 bits per heavy atom. The SMILES string of the molecule is CC(C)CCC[C@@H](C)[C@H]1CC[C@H]2[C@@H]3CC=C4CC(O)(C(O)[C@H]5NCCC5=O)CC[C@]4(C)[C@H]3CC[C@]12C. The van der Waals surface area contributed by atoms with Crippen LogP contribution < -0.4 is 5.32 Å². The average molecular weight is 500 g/mol. The van der Waals surface area contributed by atoms with Crippen LogP contribution in [0, 0.1) is 46.3 Å². The van der Waals surface area contributed by atoms with Crippen molar-refractivity contribution in [2.45, 2.75) is 129 Å². The number of Topliss-reactive ketones (excluding diaryl/α,β-unsaturated/α-hetero) is 1. The number of hydrogen-bond acceptors (Lipinski definition) is 4. The Morgan fingerprint density at radius 1 is 1.06 bits per heavy atom. The average Bonchev–Trinajstić information content (AvgIpc) is 3.41. The minimum absolute atomic E-state index is 0.0442. The van der Waals surface area contributed by atoms with Crippen LogP contribution in [0.4, 0.5) is 0 Å². The van der Waals surface area contributed by atoms with Crippen LogP contribution in [0.2, 0.25) is 0 Å². The summed E-state index contributed by atoms with van der Waals surface area (Å²) in [5, 5.41) is 25.8. The zero-order valence-electron chi connectivity index (χ0n) is 23.7. The maximum atomic E-state index is 12.3. The molecule has 1 heterocycles. The molecule has 0 bridgehead atoms. The number of allylic oxidation sites excluding steroid dienone is 1. The maximum absolute atomic E-state index is 12.3. The third-order valence-electron chi connectivity index (χ3n) is 12.3. The molecular formula is C32H53NO3. The molecule has 0 spiro atoms. The molecule has 0 aromatic rings. The highest BCUT2D eigenvalue weighted by atomic mass is 16.3. The highest BCUT2D eigenvalue weighted by Crippen LogP contribution is 2.68. The Hall–Kier alpha value is -0.710. The molecule has 1 saturated heterocycles. The van der Waals surface area contributed by atoms with Crippen LogP contribution in [0.3, 0.4) is 0 Å². The van der Waals surface area contributed by atoms with E-state index in [-0.39, 0.29) is 11.2 Å². The fraction of sp³-hybridized carbons (Fsp3) is 0.906. The molecule has 204 valence electrons. The number of aliphatic hydroxyl groups excluding tert-OH is 1. The molecule has 0 radical (unpaired) electrons. The number of rotatable bonds is 7. The fourth-order valence-corrected chi connectivity index (χ4v) is 10.2. The maximum Gasteiger partial charge on any atom is 0.153 e. The lowest BCUT2D eigenvalue weighted by Gasteiger charge is -2.59. The Labute approximate surface area is 220 Å². The van der Waals surface area contributed by atoms with E-state index in [0.29, 0.717) is 37.1 Å². The first-order chi connectivity index (χ1) is 17.0. The van der Waals surface area contributed by atoms with E-state index in [1.54, 1.807) is 0 Å². The minimum Gasteiger partial charge on any atom is -0.388 e. The summed E-state index contributed by atoms with van der Waals surface area (Å²) >= 11 is 0. The van der Waals surface area contributed by atoms with Crippen LogP contribution in [-0.4, -0.2) is 40.3 Å². The molecule has 0 aromatic carbocycles. The van der Waals surface area contributed by atoms with Crippen molar-refractivity contribution < 1.29 is 15.0 Å². The first kappa shape index (κ1) is 26.9. The van der Waals surface area contributed by atoms with Gasteiger partial charge < -0.3 is 15.5 Å². The summed E-state index contributed by atoms with van der Waals surface area (Å²) in [4.78, 5) is 12.3. The van der Waals surface area contributed by atoms with E-state index >= 15 is 0 Å². The van der Waals surface area contributed by atoms with Crippen LogP contribution in [0.1, 0.15) is 112 Å². The molecule has 4 heteroatoms. The molecule has 3 saturated carbocycles.